The fourth-order valence-corrected chi connectivity index (χ4v) is 3.49. The molecule has 5 nitrogen and oxygen atoms in total. The number of aryl methyl sites for hydroxylation is 1. The molecule has 2 aromatic rings. The van der Waals surface area contributed by atoms with Gasteiger partial charge in [0, 0.05) is 18.5 Å². The number of nitrogens with one attached hydrogen (secondary N) is 1. The molecule has 7 heteroatoms. The Bertz CT molecular complexity index is 788. The van der Waals surface area contributed by atoms with E-state index in [4.69, 9.17) is 12.2 Å². The van der Waals surface area contributed by atoms with Crippen LogP contribution in [0.1, 0.15) is 31.6 Å². The van der Waals surface area contributed by atoms with Crippen molar-refractivity contribution in [3.63, 3.8) is 0 Å². The number of amides is 1. The summed E-state index contributed by atoms with van der Waals surface area (Å²) in [6, 6.07) is 1.88. The minimum absolute atomic E-state index is 0.0123. The van der Waals surface area contributed by atoms with Crippen LogP contribution in [0.25, 0.3) is 10.2 Å². The maximum atomic E-state index is 12.6. The van der Waals surface area contributed by atoms with E-state index in [0.717, 1.165) is 29.0 Å². The average Bonchev–Trinajstić information content (AvgIpc) is 2.91. The summed E-state index contributed by atoms with van der Waals surface area (Å²) in [6.45, 7) is 4.81. The number of hydrogen-bond donors (Lipinski definition) is 1. The maximum absolute atomic E-state index is 12.6. The molecule has 0 unspecified atom stereocenters. The molecule has 0 bridgehead atoms. The number of aromatic amines is 1. The van der Waals surface area contributed by atoms with E-state index >= 15 is 0 Å². The van der Waals surface area contributed by atoms with Crippen molar-refractivity contribution in [3.05, 3.63) is 26.1 Å². The third kappa shape index (κ3) is 3.47. The number of likely N-dealkylation sites (N-methyl/N-ethyl adjacent to an activating group) is 1. The van der Waals surface area contributed by atoms with Gasteiger partial charge in [-0.05, 0) is 31.1 Å². The molecule has 0 aromatic carbocycles. The van der Waals surface area contributed by atoms with Crippen molar-refractivity contribution in [2.75, 3.05) is 13.6 Å². The molecule has 2 rings (SSSR count). The second kappa shape index (κ2) is 7.19. The summed E-state index contributed by atoms with van der Waals surface area (Å²) in [5.74, 6) is -0.0969. The van der Waals surface area contributed by atoms with Crippen LogP contribution in [0.15, 0.2) is 10.9 Å². The van der Waals surface area contributed by atoms with Crippen molar-refractivity contribution >= 4 is 39.7 Å². The lowest BCUT2D eigenvalue weighted by molar-refractivity contribution is -0.130. The number of fused-ring (bicyclic) bond motifs is 1. The lowest BCUT2D eigenvalue weighted by Gasteiger charge is -2.17. The highest BCUT2D eigenvalue weighted by Crippen LogP contribution is 2.21. The van der Waals surface area contributed by atoms with E-state index in [1.54, 1.807) is 11.9 Å². The quantitative estimate of drug-likeness (QED) is 0.823. The molecule has 0 radical (unpaired) electrons. The van der Waals surface area contributed by atoms with Gasteiger partial charge < -0.3 is 9.88 Å². The van der Waals surface area contributed by atoms with Crippen LogP contribution < -0.4 is 5.56 Å². The van der Waals surface area contributed by atoms with Crippen LogP contribution in [-0.2, 0) is 17.8 Å². The summed E-state index contributed by atoms with van der Waals surface area (Å²) in [5, 5.41) is 0.611. The van der Waals surface area contributed by atoms with Gasteiger partial charge in [0.2, 0.25) is 5.91 Å². The number of hydrogen-bond acceptors (Lipinski definition) is 4. The van der Waals surface area contributed by atoms with Gasteiger partial charge in [-0.15, -0.1) is 11.3 Å². The zero-order chi connectivity index (χ0) is 16.3. The first-order valence-electron chi connectivity index (χ1n) is 7.47. The zero-order valence-corrected chi connectivity index (χ0v) is 14.8. The number of unbranched alkanes of at least 4 members (excludes halogenated alkanes) is 1. The van der Waals surface area contributed by atoms with Gasteiger partial charge in [0.15, 0.2) is 4.77 Å². The van der Waals surface area contributed by atoms with E-state index in [0.29, 0.717) is 16.7 Å². The molecule has 0 aliphatic carbocycles. The van der Waals surface area contributed by atoms with E-state index in [2.05, 4.69) is 11.9 Å². The number of rotatable bonds is 6. The molecule has 2 aromatic heterocycles. The van der Waals surface area contributed by atoms with E-state index < -0.39 is 0 Å². The van der Waals surface area contributed by atoms with Gasteiger partial charge in [0.1, 0.15) is 11.4 Å². The minimum Gasteiger partial charge on any atom is -0.344 e. The van der Waals surface area contributed by atoms with E-state index in [1.807, 2.05) is 13.0 Å². The Morgan fingerprint density at radius 1 is 1.45 bits per heavy atom. The fourth-order valence-electron chi connectivity index (χ4n) is 2.19. The summed E-state index contributed by atoms with van der Waals surface area (Å²) >= 11 is 6.79. The van der Waals surface area contributed by atoms with E-state index in [9.17, 15) is 9.59 Å². The molecule has 0 aliphatic rings. The molecule has 1 N–H and O–H groups in total. The highest BCUT2D eigenvalue weighted by molar-refractivity contribution is 7.71. The lowest BCUT2D eigenvalue weighted by Crippen LogP contribution is -2.35. The van der Waals surface area contributed by atoms with Crippen molar-refractivity contribution in [2.24, 2.45) is 0 Å². The number of thiophene rings is 1. The van der Waals surface area contributed by atoms with Gasteiger partial charge in [-0.25, -0.2) is 0 Å². The molecule has 0 atom stereocenters. The summed E-state index contributed by atoms with van der Waals surface area (Å²) in [5.41, 5.74) is -0.188. The first-order valence-corrected chi connectivity index (χ1v) is 8.69. The third-order valence-electron chi connectivity index (χ3n) is 3.64. The number of nitrogens with zero attached hydrogens (tertiary/aromatic N) is 2. The van der Waals surface area contributed by atoms with Gasteiger partial charge in [-0.2, -0.15) is 0 Å². The van der Waals surface area contributed by atoms with Gasteiger partial charge >= 0.3 is 0 Å². The lowest BCUT2D eigenvalue weighted by atomic mass is 10.3. The largest absolute Gasteiger partial charge is 0.344 e. The molecule has 0 aliphatic heterocycles. The predicted octanol–water partition coefficient (Wildman–Crippen LogP) is 2.94. The number of H-pyrrole nitrogens is 1. The number of aromatic nitrogens is 2. The van der Waals surface area contributed by atoms with Crippen LogP contribution in [0.5, 0.6) is 0 Å². The predicted molar refractivity (Wildman–Crippen MR) is 93.2 cm³/mol. The highest BCUT2D eigenvalue weighted by atomic mass is 32.1. The van der Waals surface area contributed by atoms with Crippen molar-refractivity contribution in [1.29, 1.82) is 0 Å². The average molecular weight is 339 g/mol. The molecular formula is C15H21N3O2S2. The van der Waals surface area contributed by atoms with E-state index in [-0.39, 0.29) is 18.0 Å². The minimum atomic E-state index is -0.188. The molecular weight excluding hydrogens is 318 g/mol. The summed E-state index contributed by atoms with van der Waals surface area (Å²) < 4.78 is 1.66. The third-order valence-corrected chi connectivity index (χ3v) is 5.16. The Kier molecular flexibility index (Phi) is 5.52. The first-order chi connectivity index (χ1) is 10.5. The Morgan fingerprint density at radius 3 is 2.82 bits per heavy atom. The Labute approximate surface area is 138 Å². The topological polar surface area (TPSA) is 58.1 Å². The Balaban J connectivity index is 2.33. The first kappa shape index (κ1) is 16.9. The van der Waals surface area contributed by atoms with Crippen LogP contribution in [0, 0.1) is 4.77 Å². The summed E-state index contributed by atoms with van der Waals surface area (Å²) in [6.07, 6.45) is 2.85. The van der Waals surface area contributed by atoms with Crippen LogP contribution >= 0.6 is 23.6 Å². The standard InChI is InChI=1S/C15H21N3O2S2/c1-4-6-7-17(3)12(19)9-18-14(20)11-8-10(5-2)22-13(11)16-15(18)21/h8H,4-7,9H2,1-3H3,(H,16,21). The maximum Gasteiger partial charge on any atom is 0.263 e. The van der Waals surface area contributed by atoms with E-state index in [1.165, 1.54) is 15.9 Å². The van der Waals surface area contributed by atoms with Crippen LogP contribution in [0.3, 0.4) is 0 Å². The van der Waals surface area contributed by atoms with Crippen molar-refractivity contribution in [3.8, 4) is 0 Å². The molecule has 120 valence electrons. The highest BCUT2D eigenvalue weighted by Gasteiger charge is 2.14. The van der Waals surface area contributed by atoms with Gasteiger partial charge in [0.05, 0.1) is 5.39 Å². The second-order valence-electron chi connectivity index (χ2n) is 5.30. The summed E-state index contributed by atoms with van der Waals surface area (Å²) in [4.78, 5) is 31.4. The SMILES string of the molecule is CCCCN(C)C(=O)Cn1c(=S)[nH]c2sc(CC)cc2c1=O. The van der Waals surface area contributed by atoms with Crippen molar-refractivity contribution in [1.82, 2.24) is 14.5 Å². The van der Waals surface area contributed by atoms with Crippen LogP contribution in [-0.4, -0.2) is 34.0 Å². The van der Waals surface area contributed by atoms with Crippen molar-refractivity contribution in [2.45, 2.75) is 39.7 Å². The molecule has 0 fully saturated rings. The Hall–Kier alpha value is -1.47. The zero-order valence-electron chi connectivity index (χ0n) is 13.1. The fraction of sp³-hybridized carbons (Fsp3) is 0.533. The van der Waals surface area contributed by atoms with Gasteiger partial charge in [-0.3, -0.25) is 14.2 Å². The van der Waals surface area contributed by atoms with Crippen LogP contribution in [0.4, 0.5) is 0 Å². The number of carbonyl (C=O) groups is 1. The normalized spacial score (nSPS) is 11.0. The summed E-state index contributed by atoms with van der Waals surface area (Å²) in [7, 11) is 1.76. The monoisotopic (exact) mass is 339 g/mol. The van der Waals surface area contributed by atoms with Gasteiger partial charge in [-0.1, -0.05) is 20.3 Å². The second-order valence-corrected chi connectivity index (χ2v) is 6.82. The molecule has 0 saturated heterocycles. The van der Waals surface area contributed by atoms with Crippen molar-refractivity contribution < 1.29 is 4.79 Å². The smallest absolute Gasteiger partial charge is 0.263 e. The van der Waals surface area contributed by atoms with Crippen LogP contribution in [0.2, 0.25) is 0 Å². The molecule has 0 spiro atoms. The molecule has 1 amide bonds. The molecule has 22 heavy (non-hydrogen) atoms. The number of carbonyl (C=O) groups excluding carboxylic acids is 1. The van der Waals surface area contributed by atoms with Gasteiger partial charge in [0.25, 0.3) is 5.56 Å². The molecule has 0 saturated carbocycles. The molecule has 2 heterocycles. The Morgan fingerprint density at radius 2 is 2.18 bits per heavy atom.